The smallest absolute Gasteiger partial charge is 0.0625 e. The summed E-state index contributed by atoms with van der Waals surface area (Å²) in [6, 6.07) is 53.5. The molecule has 0 aliphatic carbocycles. The molecule has 0 amide bonds. The number of benzene rings is 7. The van der Waals surface area contributed by atoms with Crippen LogP contribution in [0.1, 0.15) is 0 Å². The van der Waals surface area contributed by atoms with Gasteiger partial charge < -0.3 is 8.97 Å². The molecule has 2 heteroatoms. The first-order valence-electron chi connectivity index (χ1n) is 14.5. The molecule has 42 heavy (non-hydrogen) atoms. The maximum Gasteiger partial charge on any atom is 0.0625 e. The molecule has 0 atom stereocenters. The molecule has 2 nitrogen and oxygen atoms in total. The van der Waals surface area contributed by atoms with Crippen molar-refractivity contribution in [2.24, 2.45) is 0 Å². The normalized spacial score (nSPS) is 12.3. The monoisotopic (exact) mass is 532 g/mol. The summed E-state index contributed by atoms with van der Waals surface area (Å²) in [5.74, 6) is 0. The molecule has 10 rings (SSSR count). The maximum absolute atomic E-state index is 2.48. The van der Waals surface area contributed by atoms with E-state index in [4.69, 9.17) is 0 Å². The van der Waals surface area contributed by atoms with Crippen LogP contribution in [0.4, 0.5) is 0 Å². The Morgan fingerprint density at radius 1 is 0.357 bits per heavy atom. The van der Waals surface area contributed by atoms with Gasteiger partial charge in [-0.05, 0) is 64.4 Å². The highest BCUT2D eigenvalue weighted by molar-refractivity contribution is 6.28. The molecular formula is C40H24N2. The highest BCUT2D eigenvalue weighted by Crippen LogP contribution is 2.42. The first-order chi connectivity index (χ1) is 20.8. The fraction of sp³-hybridized carbons (Fsp3) is 0. The number of pyridine rings is 1. The number of nitrogens with zero attached hydrogens (tertiary/aromatic N) is 2. The lowest BCUT2D eigenvalue weighted by atomic mass is 9.98. The zero-order valence-electron chi connectivity index (χ0n) is 22.8. The maximum atomic E-state index is 2.48. The largest absolute Gasteiger partial charge is 0.309 e. The highest BCUT2D eigenvalue weighted by atomic mass is 15.0. The minimum Gasteiger partial charge on any atom is -0.309 e. The standard InChI is InChI=1S/C40H24N2/c1-2-10-28(11-3-1)41-35-15-6-4-12-29(35)31-20-18-27(24-38(31)41)26-19-22-37-34(23-26)33-21-17-25-9-8-14-32-30-13-5-7-16-36(30)42(37)40(33)39(25)32/h1-24H. The summed E-state index contributed by atoms with van der Waals surface area (Å²) < 4.78 is 4.88. The molecule has 0 saturated heterocycles. The molecule has 10 aromatic rings. The Balaban J connectivity index is 1.29. The van der Waals surface area contributed by atoms with Gasteiger partial charge in [0.1, 0.15) is 0 Å². The molecule has 0 aliphatic heterocycles. The van der Waals surface area contributed by atoms with Gasteiger partial charge >= 0.3 is 0 Å². The lowest BCUT2D eigenvalue weighted by Gasteiger charge is -2.12. The van der Waals surface area contributed by atoms with E-state index < -0.39 is 0 Å². The molecule has 0 radical (unpaired) electrons. The van der Waals surface area contributed by atoms with E-state index in [0.717, 1.165) is 0 Å². The molecular weight excluding hydrogens is 508 g/mol. The number of para-hydroxylation sites is 3. The van der Waals surface area contributed by atoms with Crippen LogP contribution in [0, 0.1) is 0 Å². The van der Waals surface area contributed by atoms with Crippen molar-refractivity contribution in [1.29, 1.82) is 0 Å². The number of fused-ring (bicyclic) bond motifs is 9. The molecule has 3 heterocycles. The fourth-order valence-electron chi connectivity index (χ4n) is 7.43. The van der Waals surface area contributed by atoms with Gasteiger partial charge in [0.15, 0.2) is 0 Å². The summed E-state index contributed by atoms with van der Waals surface area (Å²) in [5.41, 5.74) is 9.91. The van der Waals surface area contributed by atoms with Crippen molar-refractivity contribution >= 4 is 70.7 Å². The third-order valence-electron chi connectivity index (χ3n) is 9.23. The van der Waals surface area contributed by atoms with Gasteiger partial charge in [0.2, 0.25) is 0 Å². The average Bonchev–Trinajstić information content (AvgIpc) is 3.57. The van der Waals surface area contributed by atoms with Gasteiger partial charge in [-0.15, -0.1) is 0 Å². The number of hydrogen-bond donors (Lipinski definition) is 0. The Hall–Kier alpha value is -5.60. The van der Waals surface area contributed by atoms with Crippen LogP contribution >= 0.6 is 0 Å². The first kappa shape index (κ1) is 22.1. The van der Waals surface area contributed by atoms with Crippen LogP contribution in [0.5, 0.6) is 0 Å². The summed E-state index contributed by atoms with van der Waals surface area (Å²) in [5, 5.41) is 10.4. The van der Waals surface area contributed by atoms with Gasteiger partial charge in [-0.3, -0.25) is 0 Å². The van der Waals surface area contributed by atoms with E-state index in [1.807, 2.05) is 0 Å². The summed E-state index contributed by atoms with van der Waals surface area (Å²) in [4.78, 5) is 0. The number of hydrogen-bond acceptors (Lipinski definition) is 0. The zero-order valence-corrected chi connectivity index (χ0v) is 22.8. The fourth-order valence-corrected chi connectivity index (χ4v) is 7.43. The predicted molar refractivity (Wildman–Crippen MR) is 178 cm³/mol. The van der Waals surface area contributed by atoms with Crippen molar-refractivity contribution in [3.05, 3.63) is 146 Å². The van der Waals surface area contributed by atoms with Crippen LogP contribution in [0.15, 0.2) is 146 Å². The molecule has 0 spiro atoms. The SMILES string of the molecule is c1ccc(-n2c3ccccc3c3ccc(-c4ccc5c(c4)c4ccc6cccc7c8ccccc8n5c4c67)cc32)cc1. The molecule has 0 N–H and O–H groups in total. The van der Waals surface area contributed by atoms with Gasteiger partial charge in [-0.25, -0.2) is 0 Å². The van der Waals surface area contributed by atoms with E-state index in [9.17, 15) is 0 Å². The van der Waals surface area contributed by atoms with E-state index in [1.165, 1.54) is 87.5 Å². The van der Waals surface area contributed by atoms with Crippen LogP contribution in [0.2, 0.25) is 0 Å². The van der Waals surface area contributed by atoms with Crippen LogP contribution in [0.3, 0.4) is 0 Å². The van der Waals surface area contributed by atoms with Crippen molar-refractivity contribution in [2.45, 2.75) is 0 Å². The quantitative estimate of drug-likeness (QED) is 0.155. The van der Waals surface area contributed by atoms with Crippen molar-refractivity contribution < 1.29 is 0 Å². The van der Waals surface area contributed by atoms with Crippen molar-refractivity contribution in [3.8, 4) is 16.8 Å². The van der Waals surface area contributed by atoms with Gasteiger partial charge in [-0.1, -0.05) is 103 Å². The van der Waals surface area contributed by atoms with Crippen LogP contribution < -0.4 is 0 Å². The van der Waals surface area contributed by atoms with E-state index in [-0.39, 0.29) is 0 Å². The summed E-state index contributed by atoms with van der Waals surface area (Å²) in [7, 11) is 0. The Bertz CT molecular complexity index is 2660. The van der Waals surface area contributed by atoms with E-state index >= 15 is 0 Å². The summed E-state index contributed by atoms with van der Waals surface area (Å²) >= 11 is 0. The molecule has 0 unspecified atom stereocenters. The molecule has 0 fully saturated rings. The summed E-state index contributed by atoms with van der Waals surface area (Å²) in [6.45, 7) is 0. The van der Waals surface area contributed by atoms with Crippen molar-refractivity contribution in [3.63, 3.8) is 0 Å². The van der Waals surface area contributed by atoms with Gasteiger partial charge in [0, 0.05) is 38.0 Å². The first-order valence-corrected chi connectivity index (χ1v) is 14.5. The Labute approximate surface area is 241 Å². The Morgan fingerprint density at radius 3 is 1.88 bits per heavy atom. The minimum absolute atomic E-state index is 1.18. The van der Waals surface area contributed by atoms with E-state index in [0.29, 0.717) is 0 Å². The third-order valence-corrected chi connectivity index (χ3v) is 9.23. The van der Waals surface area contributed by atoms with Crippen LogP contribution in [-0.2, 0) is 0 Å². The molecule has 0 saturated carbocycles. The van der Waals surface area contributed by atoms with E-state index in [2.05, 4.69) is 155 Å². The molecule has 3 aromatic heterocycles. The second-order valence-electron chi connectivity index (χ2n) is 11.4. The number of aromatic nitrogens is 2. The Kier molecular flexibility index (Phi) is 4.21. The Morgan fingerprint density at radius 2 is 1.00 bits per heavy atom. The zero-order chi connectivity index (χ0) is 27.4. The minimum atomic E-state index is 1.18. The third kappa shape index (κ3) is 2.78. The van der Waals surface area contributed by atoms with Gasteiger partial charge in [0.05, 0.1) is 27.6 Å². The second-order valence-corrected chi connectivity index (χ2v) is 11.4. The van der Waals surface area contributed by atoms with Crippen molar-refractivity contribution in [1.82, 2.24) is 8.97 Å². The molecule has 194 valence electrons. The lowest BCUT2D eigenvalue weighted by molar-refractivity contribution is 1.18. The second kappa shape index (κ2) is 7.99. The molecule has 0 aliphatic rings. The highest BCUT2D eigenvalue weighted by Gasteiger charge is 2.19. The average molecular weight is 533 g/mol. The molecule has 7 aromatic carbocycles. The summed E-state index contributed by atoms with van der Waals surface area (Å²) in [6.07, 6.45) is 0. The van der Waals surface area contributed by atoms with E-state index in [1.54, 1.807) is 0 Å². The van der Waals surface area contributed by atoms with Crippen LogP contribution in [-0.4, -0.2) is 8.97 Å². The van der Waals surface area contributed by atoms with Gasteiger partial charge in [0.25, 0.3) is 0 Å². The van der Waals surface area contributed by atoms with Crippen LogP contribution in [0.25, 0.3) is 87.5 Å². The molecule has 0 bridgehead atoms. The topological polar surface area (TPSA) is 9.34 Å². The number of rotatable bonds is 2. The van der Waals surface area contributed by atoms with Crippen molar-refractivity contribution in [2.75, 3.05) is 0 Å². The van der Waals surface area contributed by atoms with Gasteiger partial charge in [-0.2, -0.15) is 0 Å². The predicted octanol–water partition coefficient (Wildman–Crippen LogP) is 10.8. The lowest BCUT2D eigenvalue weighted by Crippen LogP contribution is -1.93.